The Kier molecular flexibility index (Phi) is 4.89. The topological polar surface area (TPSA) is 72.8 Å². The Morgan fingerprint density at radius 3 is 2.57 bits per heavy atom. The van der Waals surface area contributed by atoms with Gasteiger partial charge in [0.15, 0.2) is 0 Å². The number of amides is 1. The summed E-state index contributed by atoms with van der Waals surface area (Å²) in [5, 5.41) is 22.9. The molecular formula is C23H22N2O3. The Balaban J connectivity index is 1.46. The molecule has 3 aromatic carbocycles. The maximum Gasteiger partial charge on any atom is 0.258 e. The average molecular weight is 374 g/mol. The van der Waals surface area contributed by atoms with Crippen LogP contribution < -0.4 is 5.32 Å². The van der Waals surface area contributed by atoms with E-state index in [9.17, 15) is 15.0 Å². The minimum atomic E-state index is -0.246. The van der Waals surface area contributed by atoms with Gasteiger partial charge in [0, 0.05) is 31.4 Å². The van der Waals surface area contributed by atoms with Crippen molar-refractivity contribution in [2.24, 2.45) is 0 Å². The molecule has 0 bridgehead atoms. The molecule has 0 spiro atoms. The molecule has 0 saturated carbocycles. The number of carbonyl (C=O) groups excluding carboxylic acids is 1. The van der Waals surface area contributed by atoms with Gasteiger partial charge in [-0.05, 0) is 41.3 Å². The highest BCUT2D eigenvalue weighted by Gasteiger charge is 2.27. The highest BCUT2D eigenvalue weighted by molar-refractivity contribution is 5.97. The SMILES string of the molecule is O=C(c1ccc(O)cc1O)N1Cc2cccc(NCCc3ccccc3)c2C1. The summed E-state index contributed by atoms with van der Waals surface area (Å²) in [5.74, 6) is -0.519. The number of hydrogen-bond donors (Lipinski definition) is 3. The normalized spacial score (nSPS) is 12.6. The van der Waals surface area contributed by atoms with Crippen LogP contribution >= 0.6 is 0 Å². The molecule has 0 fully saturated rings. The van der Waals surface area contributed by atoms with Crippen LogP contribution in [0.5, 0.6) is 11.5 Å². The maximum absolute atomic E-state index is 12.8. The van der Waals surface area contributed by atoms with Crippen LogP contribution in [0.15, 0.2) is 66.7 Å². The number of fused-ring (bicyclic) bond motifs is 1. The highest BCUT2D eigenvalue weighted by Crippen LogP contribution is 2.32. The predicted octanol–water partition coefficient (Wildman–Crippen LogP) is 3.91. The molecule has 3 N–H and O–H groups in total. The maximum atomic E-state index is 12.8. The van der Waals surface area contributed by atoms with Gasteiger partial charge in [0.1, 0.15) is 11.5 Å². The van der Waals surface area contributed by atoms with E-state index in [2.05, 4.69) is 17.4 Å². The molecule has 0 aliphatic carbocycles. The van der Waals surface area contributed by atoms with Gasteiger partial charge in [-0.2, -0.15) is 0 Å². The molecule has 5 nitrogen and oxygen atoms in total. The van der Waals surface area contributed by atoms with Crippen LogP contribution in [-0.2, 0) is 19.5 Å². The largest absolute Gasteiger partial charge is 0.508 e. The fourth-order valence-corrected chi connectivity index (χ4v) is 3.59. The minimum Gasteiger partial charge on any atom is -0.508 e. The number of rotatable bonds is 5. The van der Waals surface area contributed by atoms with Crippen molar-refractivity contribution in [2.45, 2.75) is 19.5 Å². The van der Waals surface area contributed by atoms with Crippen molar-refractivity contribution in [1.29, 1.82) is 0 Å². The Labute approximate surface area is 163 Å². The summed E-state index contributed by atoms with van der Waals surface area (Å²) < 4.78 is 0. The number of benzene rings is 3. The molecule has 0 radical (unpaired) electrons. The van der Waals surface area contributed by atoms with E-state index >= 15 is 0 Å². The zero-order valence-corrected chi connectivity index (χ0v) is 15.4. The predicted molar refractivity (Wildman–Crippen MR) is 108 cm³/mol. The van der Waals surface area contributed by atoms with Crippen molar-refractivity contribution in [1.82, 2.24) is 4.90 Å². The lowest BCUT2D eigenvalue weighted by Gasteiger charge is -2.16. The van der Waals surface area contributed by atoms with Crippen LogP contribution in [-0.4, -0.2) is 27.6 Å². The number of aromatic hydroxyl groups is 2. The summed E-state index contributed by atoms with van der Waals surface area (Å²) in [4.78, 5) is 14.5. The Morgan fingerprint density at radius 1 is 0.964 bits per heavy atom. The number of carbonyl (C=O) groups is 1. The second-order valence-electron chi connectivity index (χ2n) is 6.97. The van der Waals surface area contributed by atoms with E-state index in [0.29, 0.717) is 13.1 Å². The van der Waals surface area contributed by atoms with Gasteiger partial charge in [0.05, 0.1) is 5.56 Å². The van der Waals surface area contributed by atoms with Crippen LogP contribution in [0.1, 0.15) is 27.0 Å². The van der Waals surface area contributed by atoms with E-state index in [0.717, 1.165) is 29.8 Å². The molecule has 1 heterocycles. The van der Waals surface area contributed by atoms with E-state index in [-0.39, 0.29) is 23.0 Å². The van der Waals surface area contributed by atoms with Gasteiger partial charge >= 0.3 is 0 Å². The second kappa shape index (κ2) is 7.64. The molecule has 3 aromatic rings. The third kappa shape index (κ3) is 3.64. The molecule has 5 heteroatoms. The monoisotopic (exact) mass is 374 g/mol. The third-order valence-electron chi connectivity index (χ3n) is 5.05. The molecule has 142 valence electrons. The molecule has 0 atom stereocenters. The van der Waals surface area contributed by atoms with Crippen LogP contribution in [0.25, 0.3) is 0 Å². The van der Waals surface area contributed by atoms with E-state index in [1.165, 1.54) is 23.8 Å². The molecule has 1 aliphatic rings. The summed E-state index contributed by atoms with van der Waals surface area (Å²) >= 11 is 0. The lowest BCUT2D eigenvalue weighted by atomic mass is 10.1. The number of phenolic OH excluding ortho intramolecular Hbond substituents is 2. The standard InChI is InChI=1S/C23H22N2O3/c26-18-9-10-19(22(27)13-18)23(28)25-14-17-7-4-8-21(20(17)15-25)24-12-11-16-5-2-1-3-6-16/h1-10,13,24,26-27H,11-12,14-15H2. The van der Waals surface area contributed by atoms with Gasteiger partial charge < -0.3 is 20.4 Å². The van der Waals surface area contributed by atoms with Crippen molar-refractivity contribution < 1.29 is 15.0 Å². The Hall–Kier alpha value is -3.47. The first kappa shape index (κ1) is 17.9. The first-order valence-electron chi connectivity index (χ1n) is 9.31. The van der Waals surface area contributed by atoms with Gasteiger partial charge in [0.25, 0.3) is 5.91 Å². The zero-order chi connectivity index (χ0) is 19.5. The van der Waals surface area contributed by atoms with Crippen molar-refractivity contribution >= 4 is 11.6 Å². The zero-order valence-electron chi connectivity index (χ0n) is 15.4. The summed E-state index contributed by atoms with van der Waals surface area (Å²) in [7, 11) is 0. The lowest BCUT2D eigenvalue weighted by molar-refractivity contribution is 0.0748. The molecule has 1 amide bonds. The summed E-state index contributed by atoms with van der Waals surface area (Å²) in [6.45, 7) is 1.80. The summed E-state index contributed by atoms with van der Waals surface area (Å²) in [5.41, 5.74) is 4.74. The van der Waals surface area contributed by atoms with Crippen LogP contribution in [0.4, 0.5) is 5.69 Å². The van der Waals surface area contributed by atoms with Gasteiger partial charge in [-0.15, -0.1) is 0 Å². The van der Waals surface area contributed by atoms with Gasteiger partial charge in [-0.1, -0.05) is 42.5 Å². The van der Waals surface area contributed by atoms with Crippen LogP contribution in [0.3, 0.4) is 0 Å². The quantitative estimate of drug-likeness (QED) is 0.633. The molecule has 0 unspecified atom stereocenters. The first-order valence-corrected chi connectivity index (χ1v) is 9.31. The third-order valence-corrected chi connectivity index (χ3v) is 5.05. The molecule has 28 heavy (non-hydrogen) atoms. The van der Waals surface area contributed by atoms with Crippen LogP contribution in [0.2, 0.25) is 0 Å². The fraction of sp³-hybridized carbons (Fsp3) is 0.174. The number of nitrogens with one attached hydrogen (secondary N) is 1. The molecule has 0 saturated heterocycles. The smallest absolute Gasteiger partial charge is 0.258 e. The van der Waals surface area contributed by atoms with Crippen molar-refractivity contribution in [3.05, 3.63) is 89.0 Å². The lowest BCUT2D eigenvalue weighted by Crippen LogP contribution is -2.25. The summed E-state index contributed by atoms with van der Waals surface area (Å²) in [6, 6.07) is 20.4. The highest BCUT2D eigenvalue weighted by atomic mass is 16.3. The number of anilines is 1. The fourth-order valence-electron chi connectivity index (χ4n) is 3.59. The Bertz CT molecular complexity index is 1000. The van der Waals surface area contributed by atoms with E-state index in [4.69, 9.17) is 0 Å². The Morgan fingerprint density at radius 2 is 1.79 bits per heavy atom. The average Bonchev–Trinajstić information content (AvgIpc) is 3.14. The molecule has 4 rings (SSSR count). The van der Waals surface area contributed by atoms with Gasteiger partial charge in [0.2, 0.25) is 0 Å². The molecule has 0 aromatic heterocycles. The van der Waals surface area contributed by atoms with Gasteiger partial charge in [-0.25, -0.2) is 0 Å². The van der Waals surface area contributed by atoms with Crippen molar-refractivity contribution in [2.75, 3.05) is 11.9 Å². The van der Waals surface area contributed by atoms with Gasteiger partial charge in [-0.3, -0.25) is 4.79 Å². The van der Waals surface area contributed by atoms with E-state index < -0.39 is 0 Å². The van der Waals surface area contributed by atoms with E-state index in [1.54, 1.807) is 4.90 Å². The van der Waals surface area contributed by atoms with Crippen molar-refractivity contribution in [3.63, 3.8) is 0 Å². The number of nitrogens with zero attached hydrogens (tertiary/aromatic N) is 1. The van der Waals surface area contributed by atoms with E-state index in [1.807, 2.05) is 36.4 Å². The number of phenols is 2. The molecular weight excluding hydrogens is 352 g/mol. The number of hydrogen-bond acceptors (Lipinski definition) is 4. The minimum absolute atomic E-state index is 0.0661. The molecule has 1 aliphatic heterocycles. The first-order chi connectivity index (χ1) is 13.6. The van der Waals surface area contributed by atoms with Crippen molar-refractivity contribution in [3.8, 4) is 11.5 Å². The second-order valence-corrected chi connectivity index (χ2v) is 6.97. The summed E-state index contributed by atoms with van der Waals surface area (Å²) in [6.07, 6.45) is 0.925. The van der Waals surface area contributed by atoms with Crippen LogP contribution in [0, 0.1) is 0 Å².